The SMILES string of the molecule is CNC(C)c1nnc(Nc2c(F)cc(F)cc2F)o1. The Balaban J connectivity index is 2.24. The zero-order valence-corrected chi connectivity index (χ0v) is 10.2. The van der Waals surface area contributed by atoms with Crippen LogP contribution in [0.4, 0.5) is 24.9 Å². The van der Waals surface area contributed by atoms with E-state index in [-0.39, 0.29) is 17.9 Å². The molecule has 19 heavy (non-hydrogen) atoms. The summed E-state index contributed by atoms with van der Waals surface area (Å²) in [6.45, 7) is 1.77. The third kappa shape index (κ3) is 2.84. The molecule has 2 rings (SSSR count). The summed E-state index contributed by atoms with van der Waals surface area (Å²) < 4.78 is 44.7. The maximum Gasteiger partial charge on any atom is 0.320 e. The largest absolute Gasteiger partial charge is 0.406 e. The lowest BCUT2D eigenvalue weighted by atomic mass is 10.3. The van der Waals surface area contributed by atoms with Gasteiger partial charge in [-0.15, -0.1) is 5.10 Å². The molecule has 102 valence electrons. The third-order valence-corrected chi connectivity index (χ3v) is 2.48. The van der Waals surface area contributed by atoms with Gasteiger partial charge in [-0.05, 0) is 14.0 Å². The highest BCUT2D eigenvalue weighted by Gasteiger charge is 2.16. The summed E-state index contributed by atoms with van der Waals surface area (Å²) in [5.41, 5.74) is -0.547. The number of rotatable bonds is 4. The number of hydrogen-bond acceptors (Lipinski definition) is 5. The molecule has 0 spiro atoms. The van der Waals surface area contributed by atoms with Gasteiger partial charge in [-0.25, -0.2) is 13.2 Å². The predicted molar refractivity (Wildman–Crippen MR) is 61.4 cm³/mol. The van der Waals surface area contributed by atoms with Gasteiger partial charge in [0.05, 0.1) is 6.04 Å². The lowest BCUT2D eigenvalue weighted by Gasteiger charge is -2.05. The Kier molecular flexibility index (Phi) is 3.70. The van der Waals surface area contributed by atoms with Crippen molar-refractivity contribution in [1.82, 2.24) is 15.5 Å². The van der Waals surface area contributed by atoms with Crippen molar-refractivity contribution in [2.45, 2.75) is 13.0 Å². The Morgan fingerprint density at radius 2 is 1.79 bits per heavy atom. The van der Waals surface area contributed by atoms with Gasteiger partial charge in [0.1, 0.15) is 11.5 Å². The quantitative estimate of drug-likeness (QED) is 0.895. The molecule has 0 fully saturated rings. The minimum Gasteiger partial charge on any atom is -0.406 e. The summed E-state index contributed by atoms with van der Waals surface area (Å²) in [5.74, 6) is -2.92. The standard InChI is InChI=1S/C11H11F3N4O/c1-5(15-2)10-17-18-11(19-10)16-9-7(13)3-6(12)4-8(9)14/h3-5,15H,1-2H3,(H,16,18). The normalized spacial score (nSPS) is 12.5. The fourth-order valence-corrected chi connectivity index (χ4v) is 1.35. The van der Waals surface area contributed by atoms with E-state index < -0.39 is 23.1 Å². The zero-order valence-electron chi connectivity index (χ0n) is 10.2. The molecule has 5 nitrogen and oxygen atoms in total. The van der Waals surface area contributed by atoms with Crippen LogP contribution in [-0.4, -0.2) is 17.2 Å². The van der Waals surface area contributed by atoms with Crippen molar-refractivity contribution >= 4 is 11.7 Å². The Morgan fingerprint density at radius 3 is 2.37 bits per heavy atom. The maximum atomic E-state index is 13.4. The van der Waals surface area contributed by atoms with Crippen LogP contribution in [0.25, 0.3) is 0 Å². The van der Waals surface area contributed by atoms with Crippen molar-refractivity contribution < 1.29 is 17.6 Å². The Bertz CT molecular complexity index is 564. The summed E-state index contributed by atoms with van der Waals surface area (Å²) in [6.07, 6.45) is 0. The average molecular weight is 272 g/mol. The number of nitrogens with zero attached hydrogens (tertiary/aromatic N) is 2. The second kappa shape index (κ2) is 5.27. The molecule has 2 N–H and O–H groups in total. The molecule has 1 atom stereocenters. The van der Waals surface area contributed by atoms with E-state index in [1.165, 1.54) is 0 Å². The van der Waals surface area contributed by atoms with Crippen LogP contribution in [0.15, 0.2) is 16.5 Å². The molecule has 2 aromatic rings. The second-order valence-corrected chi connectivity index (χ2v) is 3.83. The van der Waals surface area contributed by atoms with E-state index >= 15 is 0 Å². The third-order valence-electron chi connectivity index (χ3n) is 2.48. The first kappa shape index (κ1) is 13.3. The highest BCUT2D eigenvalue weighted by atomic mass is 19.1. The van der Waals surface area contributed by atoms with Crippen molar-refractivity contribution in [3.05, 3.63) is 35.5 Å². The molecule has 1 aromatic carbocycles. The molecule has 0 amide bonds. The highest BCUT2D eigenvalue weighted by Crippen LogP contribution is 2.24. The van der Waals surface area contributed by atoms with Crippen LogP contribution >= 0.6 is 0 Å². The van der Waals surface area contributed by atoms with Crippen LogP contribution in [0.3, 0.4) is 0 Å². The van der Waals surface area contributed by atoms with Gasteiger partial charge in [-0.1, -0.05) is 5.10 Å². The van der Waals surface area contributed by atoms with Crippen LogP contribution < -0.4 is 10.6 Å². The fourth-order valence-electron chi connectivity index (χ4n) is 1.35. The maximum absolute atomic E-state index is 13.4. The molecular weight excluding hydrogens is 261 g/mol. The van der Waals surface area contributed by atoms with Gasteiger partial charge in [0.15, 0.2) is 11.6 Å². The summed E-state index contributed by atoms with van der Waals surface area (Å²) in [7, 11) is 1.70. The molecular formula is C11H11F3N4O. The first-order chi connectivity index (χ1) is 9.01. The average Bonchev–Trinajstić information content (AvgIpc) is 2.81. The first-order valence-corrected chi connectivity index (χ1v) is 5.43. The highest BCUT2D eigenvalue weighted by molar-refractivity contribution is 5.53. The van der Waals surface area contributed by atoms with Crippen LogP contribution in [0, 0.1) is 17.5 Å². The van der Waals surface area contributed by atoms with E-state index in [1.807, 2.05) is 0 Å². The van der Waals surface area contributed by atoms with E-state index in [4.69, 9.17) is 4.42 Å². The molecule has 1 unspecified atom stereocenters. The fraction of sp³-hybridized carbons (Fsp3) is 0.273. The van der Waals surface area contributed by atoms with Crippen LogP contribution in [0.5, 0.6) is 0 Å². The van der Waals surface area contributed by atoms with Crippen LogP contribution in [0.1, 0.15) is 18.9 Å². The monoisotopic (exact) mass is 272 g/mol. The molecule has 0 saturated carbocycles. The van der Waals surface area contributed by atoms with Gasteiger partial charge in [0.2, 0.25) is 5.89 Å². The van der Waals surface area contributed by atoms with Gasteiger partial charge in [0, 0.05) is 12.1 Å². The molecule has 0 aliphatic rings. The number of halogens is 3. The topological polar surface area (TPSA) is 63.0 Å². The molecule has 0 saturated heterocycles. The van der Waals surface area contributed by atoms with Gasteiger partial charge in [0.25, 0.3) is 0 Å². The molecule has 0 aliphatic carbocycles. The van der Waals surface area contributed by atoms with E-state index in [0.29, 0.717) is 12.1 Å². The van der Waals surface area contributed by atoms with Crippen LogP contribution in [0.2, 0.25) is 0 Å². The van der Waals surface area contributed by atoms with Gasteiger partial charge < -0.3 is 15.1 Å². The Morgan fingerprint density at radius 1 is 1.16 bits per heavy atom. The Labute approximate surface area is 106 Å². The first-order valence-electron chi connectivity index (χ1n) is 5.43. The van der Waals surface area contributed by atoms with Crippen molar-refractivity contribution in [2.75, 3.05) is 12.4 Å². The smallest absolute Gasteiger partial charge is 0.320 e. The lowest BCUT2D eigenvalue weighted by molar-refractivity contribution is 0.442. The number of nitrogens with one attached hydrogen (secondary N) is 2. The van der Waals surface area contributed by atoms with Crippen LogP contribution in [-0.2, 0) is 0 Å². The van der Waals surface area contributed by atoms with Gasteiger partial charge in [-0.2, -0.15) is 0 Å². The van der Waals surface area contributed by atoms with Crippen molar-refractivity contribution in [1.29, 1.82) is 0 Å². The second-order valence-electron chi connectivity index (χ2n) is 3.83. The predicted octanol–water partition coefficient (Wildman–Crippen LogP) is 2.51. The summed E-state index contributed by atoms with van der Waals surface area (Å²) in [6, 6.07) is 0.727. The molecule has 8 heteroatoms. The van der Waals surface area contributed by atoms with Gasteiger partial charge >= 0.3 is 6.01 Å². The van der Waals surface area contributed by atoms with E-state index in [1.54, 1.807) is 14.0 Å². The van der Waals surface area contributed by atoms with Crippen molar-refractivity contribution in [3.63, 3.8) is 0 Å². The number of benzene rings is 1. The van der Waals surface area contributed by atoms with E-state index in [2.05, 4.69) is 20.8 Å². The zero-order chi connectivity index (χ0) is 14.0. The lowest BCUT2D eigenvalue weighted by Crippen LogP contribution is -2.12. The van der Waals surface area contributed by atoms with Crippen molar-refractivity contribution in [2.24, 2.45) is 0 Å². The number of hydrogen-bond donors (Lipinski definition) is 2. The van der Waals surface area contributed by atoms with Crippen molar-refractivity contribution in [3.8, 4) is 0 Å². The van der Waals surface area contributed by atoms with E-state index in [0.717, 1.165) is 0 Å². The summed E-state index contributed by atoms with van der Waals surface area (Å²) in [4.78, 5) is 0. The number of anilines is 2. The minimum atomic E-state index is -1.08. The molecule has 1 heterocycles. The Hall–Kier alpha value is -2.09. The van der Waals surface area contributed by atoms with E-state index in [9.17, 15) is 13.2 Å². The molecule has 0 aliphatic heterocycles. The summed E-state index contributed by atoms with van der Waals surface area (Å²) >= 11 is 0. The summed E-state index contributed by atoms with van der Waals surface area (Å²) in [5, 5.41) is 12.4. The minimum absolute atomic E-state index is 0.179. The van der Waals surface area contributed by atoms with Gasteiger partial charge in [-0.3, -0.25) is 0 Å². The molecule has 0 bridgehead atoms. The molecule has 0 radical (unpaired) electrons. The molecule has 1 aromatic heterocycles. The number of aromatic nitrogens is 2.